The van der Waals surface area contributed by atoms with E-state index in [9.17, 15) is 0 Å². The van der Waals surface area contributed by atoms with Crippen LogP contribution in [0.5, 0.6) is 0 Å². The third-order valence-corrected chi connectivity index (χ3v) is 5.33. The van der Waals surface area contributed by atoms with E-state index in [-0.39, 0.29) is 0 Å². The molecular formula is C14H19BrN2. The van der Waals surface area contributed by atoms with Crippen molar-refractivity contribution in [3.8, 4) is 0 Å². The predicted octanol–water partition coefficient (Wildman–Crippen LogP) is 3.92. The maximum absolute atomic E-state index is 4.59. The minimum atomic E-state index is 0.745. The SMILES string of the molecule is Cc1ccnc(N2CCC3CCCCC32)c1Br. The minimum absolute atomic E-state index is 0.745. The number of halogens is 1. The summed E-state index contributed by atoms with van der Waals surface area (Å²) in [5.41, 5.74) is 1.29. The molecule has 0 aromatic carbocycles. The predicted molar refractivity (Wildman–Crippen MR) is 74.4 cm³/mol. The zero-order valence-corrected chi connectivity index (χ0v) is 11.9. The van der Waals surface area contributed by atoms with Gasteiger partial charge in [-0.1, -0.05) is 12.8 Å². The Bertz CT molecular complexity index is 419. The molecule has 0 bridgehead atoms. The molecule has 1 aromatic heterocycles. The van der Waals surface area contributed by atoms with E-state index in [0.29, 0.717) is 0 Å². The van der Waals surface area contributed by atoms with Crippen LogP contribution in [-0.2, 0) is 0 Å². The molecule has 2 heterocycles. The second-order valence-electron chi connectivity index (χ2n) is 5.36. The first-order valence-electron chi connectivity index (χ1n) is 6.65. The van der Waals surface area contributed by atoms with Gasteiger partial charge >= 0.3 is 0 Å². The van der Waals surface area contributed by atoms with Crippen molar-refractivity contribution in [2.45, 2.75) is 45.1 Å². The number of hydrogen-bond acceptors (Lipinski definition) is 2. The summed E-state index contributed by atoms with van der Waals surface area (Å²) in [7, 11) is 0. The Morgan fingerprint density at radius 3 is 3.00 bits per heavy atom. The molecule has 0 amide bonds. The molecule has 92 valence electrons. The number of aryl methyl sites for hydroxylation is 1. The van der Waals surface area contributed by atoms with Crippen LogP contribution in [0.15, 0.2) is 16.7 Å². The Morgan fingerprint density at radius 1 is 1.29 bits per heavy atom. The number of rotatable bonds is 1. The third-order valence-electron chi connectivity index (χ3n) is 4.35. The van der Waals surface area contributed by atoms with E-state index in [2.05, 4.69) is 38.8 Å². The summed E-state index contributed by atoms with van der Waals surface area (Å²) >= 11 is 3.70. The Morgan fingerprint density at radius 2 is 2.12 bits per heavy atom. The maximum atomic E-state index is 4.59. The first-order valence-corrected chi connectivity index (χ1v) is 7.44. The molecule has 1 saturated carbocycles. The van der Waals surface area contributed by atoms with Gasteiger partial charge in [-0.2, -0.15) is 0 Å². The zero-order valence-electron chi connectivity index (χ0n) is 10.3. The molecule has 2 unspecified atom stereocenters. The van der Waals surface area contributed by atoms with Gasteiger partial charge in [0.05, 0.1) is 4.47 Å². The maximum Gasteiger partial charge on any atom is 0.143 e. The lowest BCUT2D eigenvalue weighted by atomic mass is 9.85. The van der Waals surface area contributed by atoms with E-state index in [1.165, 1.54) is 54.5 Å². The van der Waals surface area contributed by atoms with Gasteiger partial charge in [0.2, 0.25) is 0 Å². The normalized spacial score (nSPS) is 28.2. The molecule has 2 atom stereocenters. The molecule has 3 heteroatoms. The fourth-order valence-corrected chi connectivity index (χ4v) is 3.86. The highest BCUT2D eigenvalue weighted by molar-refractivity contribution is 9.10. The van der Waals surface area contributed by atoms with E-state index in [1.54, 1.807) is 0 Å². The largest absolute Gasteiger partial charge is 0.352 e. The van der Waals surface area contributed by atoms with Crippen molar-refractivity contribution in [2.24, 2.45) is 5.92 Å². The highest BCUT2D eigenvalue weighted by Gasteiger charge is 2.36. The van der Waals surface area contributed by atoms with E-state index in [0.717, 1.165) is 12.0 Å². The number of nitrogens with zero attached hydrogens (tertiary/aromatic N) is 2. The van der Waals surface area contributed by atoms with Gasteiger partial charge < -0.3 is 4.90 Å². The monoisotopic (exact) mass is 294 g/mol. The first kappa shape index (κ1) is 11.5. The molecule has 17 heavy (non-hydrogen) atoms. The van der Waals surface area contributed by atoms with Gasteiger partial charge in [0.1, 0.15) is 5.82 Å². The zero-order chi connectivity index (χ0) is 11.8. The fourth-order valence-electron chi connectivity index (χ4n) is 3.39. The second-order valence-corrected chi connectivity index (χ2v) is 6.15. The van der Waals surface area contributed by atoms with Crippen LogP contribution < -0.4 is 4.90 Å². The summed E-state index contributed by atoms with van der Waals surface area (Å²) in [6, 6.07) is 2.82. The van der Waals surface area contributed by atoms with Crippen LogP contribution in [0.25, 0.3) is 0 Å². The van der Waals surface area contributed by atoms with E-state index >= 15 is 0 Å². The van der Waals surface area contributed by atoms with Gasteiger partial charge in [-0.15, -0.1) is 0 Å². The second kappa shape index (κ2) is 4.60. The fraction of sp³-hybridized carbons (Fsp3) is 0.643. The lowest BCUT2D eigenvalue weighted by Crippen LogP contribution is -2.35. The molecule has 1 saturated heterocycles. The van der Waals surface area contributed by atoms with E-state index < -0.39 is 0 Å². The van der Waals surface area contributed by atoms with Gasteiger partial charge in [0.25, 0.3) is 0 Å². The van der Waals surface area contributed by atoms with Crippen molar-refractivity contribution in [3.05, 3.63) is 22.3 Å². The highest BCUT2D eigenvalue weighted by atomic mass is 79.9. The lowest BCUT2D eigenvalue weighted by Gasteiger charge is -2.33. The Kier molecular flexibility index (Phi) is 3.12. The molecule has 2 fully saturated rings. The van der Waals surface area contributed by atoms with Gasteiger partial charge in [-0.05, 0) is 59.7 Å². The average Bonchev–Trinajstić information content (AvgIpc) is 2.77. The van der Waals surface area contributed by atoms with Crippen LogP contribution in [0.3, 0.4) is 0 Å². The summed E-state index contributed by atoms with van der Waals surface area (Å²) < 4.78 is 1.19. The van der Waals surface area contributed by atoms with Crippen LogP contribution in [-0.4, -0.2) is 17.6 Å². The van der Waals surface area contributed by atoms with E-state index in [1.807, 2.05) is 6.20 Å². The summed E-state index contributed by atoms with van der Waals surface area (Å²) in [6.45, 7) is 3.33. The summed E-state index contributed by atoms with van der Waals surface area (Å²) in [6.07, 6.45) is 8.88. The van der Waals surface area contributed by atoms with E-state index in [4.69, 9.17) is 0 Å². The molecule has 1 aromatic rings. The number of pyridine rings is 1. The number of anilines is 1. The van der Waals surface area contributed by atoms with Crippen molar-refractivity contribution in [1.29, 1.82) is 0 Å². The highest BCUT2D eigenvalue weighted by Crippen LogP contribution is 2.40. The number of hydrogen-bond donors (Lipinski definition) is 0. The molecule has 1 aliphatic carbocycles. The van der Waals surface area contributed by atoms with Crippen LogP contribution >= 0.6 is 15.9 Å². The molecule has 2 aliphatic rings. The topological polar surface area (TPSA) is 16.1 Å². The molecule has 3 rings (SSSR count). The third kappa shape index (κ3) is 1.99. The Labute approximate surface area is 112 Å². The molecule has 0 spiro atoms. The summed E-state index contributed by atoms with van der Waals surface area (Å²) in [4.78, 5) is 7.13. The number of aromatic nitrogens is 1. The number of fused-ring (bicyclic) bond motifs is 1. The molecule has 2 nitrogen and oxygen atoms in total. The van der Waals surface area contributed by atoms with Crippen molar-refractivity contribution in [3.63, 3.8) is 0 Å². The van der Waals surface area contributed by atoms with Gasteiger partial charge in [0.15, 0.2) is 0 Å². The molecule has 0 radical (unpaired) electrons. The Hall–Kier alpha value is -0.570. The summed E-state index contributed by atoms with van der Waals surface area (Å²) in [5, 5.41) is 0. The smallest absolute Gasteiger partial charge is 0.143 e. The van der Waals surface area contributed by atoms with Crippen molar-refractivity contribution < 1.29 is 0 Å². The summed E-state index contributed by atoms with van der Waals surface area (Å²) in [5.74, 6) is 2.08. The minimum Gasteiger partial charge on any atom is -0.352 e. The van der Waals surface area contributed by atoms with Crippen LogP contribution in [0.4, 0.5) is 5.82 Å². The quantitative estimate of drug-likeness (QED) is 0.780. The van der Waals surface area contributed by atoms with Crippen molar-refractivity contribution in [2.75, 3.05) is 11.4 Å². The van der Waals surface area contributed by atoms with Crippen LogP contribution in [0, 0.1) is 12.8 Å². The van der Waals surface area contributed by atoms with Gasteiger partial charge in [-0.3, -0.25) is 0 Å². The average molecular weight is 295 g/mol. The van der Waals surface area contributed by atoms with Crippen molar-refractivity contribution in [1.82, 2.24) is 4.98 Å². The van der Waals surface area contributed by atoms with Gasteiger partial charge in [-0.25, -0.2) is 4.98 Å². The first-order chi connectivity index (χ1) is 8.27. The van der Waals surface area contributed by atoms with Crippen LogP contribution in [0.1, 0.15) is 37.7 Å². The molecule has 0 N–H and O–H groups in total. The Balaban J connectivity index is 1.91. The molecule has 1 aliphatic heterocycles. The van der Waals surface area contributed by atoms with Crippen molar-refractivity contribution >= 4 is 21.7 Å². The lowest BCUT2D eigenvalue weighted by molar-refractivity contribution is 0.341. The van der Waals surface area contributed by atoms with Gasteiger partial charge in [0, 0.05) is 18.8 Å². The van der Waals surface area contributed by atoms with Crippen LogP contribution in [0.2, 0.25) is 0 Å². The standard InChI is InChI=1S/C14H19BrN2/c1-10-6-8-16-14(13(10)15)17-9-7-11-4-2-3-5-12(11)17/h6,8,11-12H,2-5,7,9H2,1H3. The molecular weight excluding hydrogens is 276 g/mol.